The normalized spacial score (nSPS) is 10.4. The molecule has 4 nitrogen and oxygen atoms in total. The van der Waals surface area contributed by atoms with E-state index >= 15 is 0 Å². The minimum Gasteiger partial charge on any atom is -0.465 e. The van der Waals surface area contributed by atoms with Gasteiger partial charge in [-0.1, -0.05) is 22.0 Å². The van der Waals surface area contributed by atoms with E-state index < -0.39 is 0 Å². The van der Waals surface area contributed by atoms with Gasteiger partial charge in [0.1, 0.15) is 0 Å². The monoisotopic (exact) mass is 308 g/mol. The van der Waals surface area contributed by atoms with Gasteiger partial charge in [-0.2, -0.15) is 5.10 Å². The molecular formula is C13H13BrN2O2. The number of ether oxygens (including phenoxy) is 1. The molecular weight excluding hydrogens is 296 g/mol. The Morgan fingerprint density at radius 3 is 2.78 bits per heavy atom. The maximum absolute atomic E-state index is 11.4. The molecule has 0 aliphatic carbocycles. The second kappa shape index (κ2) is 5.35. The molecule has 2 aromatic rings. The summed E-state index contributed by atoms with van der Waals surface area (Å²) in [5.74, 6) is -0.336. The van der Waals surface area contributed by atoms with Gasteiger partial charge in [-0.05, 0) is 30.7 Å². The van der Waals surface area contributed by atoms with Crippen molar-refractivity contribution in [2.45, 2.75) is 13.5 Å². The largest absolute Gasteiger partial charge is 0.465 e. The van der Waals surface area contributed by atoms with Crippen molar-refractivity contribution in [2.24, 2.45) is 0 Å². The highest BCUT2D eigenvalue weighted by molar-refractivity contribution is 9.10. The first-order chi connectivity index (χ1) is 8.61. The maximum Gasteiger partial charge on any atom is 0.337 e. The SMILES string of the molecule is COC(=O)c1ccc(Cn2nccc2C)c(Br)c1. The molecule has 0 aliphatic rings. The van der Waals surface area contributed by atoms with Crippen molar-refractivity contribution in [1.82, 2.24) is 9.78 Å². The number of carbonyl (C=O) groups excluding carboxylic acids is 1. The van der Waals surface area contributed by atoms with Gasteiger partial charge in [0.05, 0.1) is 19.2 Å². The van der Waals surface area contributed by atoms with Crippen LogP contribution in [0.25, 0.3) is 0 Å². The van der Waals surface area contributed by atoms with E-state index in [-0.39, 0.29) is 5.97 Å². The highest BCUT2D eigenvalue weighted by atomic mass is 79.9. The Balaban J connectivity index is 2.25. The lowest BCUT2D eigenvalue weighted by molar-refractivity contribution is 0.0600. The summed E-state index contributed by atoms with van der Waals surface area (Å²) >= 11 is 3.47. The number of halogens is 1. The topological polar surface area (TPSA) is 44.1 Å². The lowest BCUT2D eigenvalue weighted by Gasteiger charge is -2.08. The summed E-state index contributed by atoms with van der Waals surface area (Å²) in [7, 11) is 1.37. The minimum atomic E-state index is -0.336. The fraction of sp³-hybridized carbons (Fsp3) is 0.231. The van der Waals surface area contributed by atoms with Crippen LogP contribution in [0.1, 0.15) is 21.6 Å². The predicted octanol–water partition coefficient (Wildman–Crippen LogP) is 2.79. The third-order valence-corrected chi connectivity index (χ3v) is 3.46. The van der Waals surface area contributed by atoms with E-state index in [1.54, 1.807) is 18.3 Å². The van der Waals surface area contributed by atoms with Crippen LogP contribution in [0.4, 0.5) is 0 Å². The molecule has 1 aromatic heterocycles. The first kappa shape index (κ1) is 12.8. The molecule has 0 atom stereocenters. The number of nitrogens with zero attached hydrogens (tertiary/aromatic N) is 2. The number of aromatic nitrogens is 2. The van der Waals surface area contributed by atoms with Crippen LogP contribution in [-0.4, -0.2) is 22.9 Å². The number of benzene rings is 1. The van der Waals surface area contributed by atoms with E-state index in [9.17, 15) is 4.79 Å². The molecule has 0 unspecified atom stereocenters. The summed E-state index contributed by atoms with van der Waals surface area (Å²) < 4.78 is 7.45. The zero-order chi connectivity index (χ0) is 13.1. The highest BCUT2D eigenvalue weighted by Gasteiger charge is 2.09. The zero-order valence-electron chi connectivity index (χ0n) is 10.2. The molecule has 0 radical (unpaired) electrons. The predicted molar refractivity (Wildman–Crippen MR) is 71.5 cm³/mol. The number of esters is 1. The van der Waals surface area contributed by atoms with Gasteiger partial charge in [-0.15, -0.1) is 0 Å². The molecule has 0 N–H and O–H groups in total. The minimum absolute atomic E-state index is 0.336. The van der Waals surface area contributed by atoms with Gasteiger partial charge in [-0.25, -0.2) is 4.79 Å². The third-order valence-electron chi connectivity index (χ3n) is 2.72. The number of aryl methyl sites for hydroxylation is 1. The van der Waals surface area contributed by atoms with Crippen LogP contribution in [0.3, 0.4) is 0 Å². The number of hydrogen-bond donors (Lipinski definition) is 0. The molecule has 0 spiro atoms. The summed E-state index contributed by atoms with van der Waals surface area (Å²) in [5.41, 5.74) is 2.69. The Bertz CT molecular complexity index is 578. The van der Waals surface area contributed by atoms with Gasteiger partial charge in [-0.3, -0.25) is 4.68 Å². The number of rotatable bonds is 3. The fourth-order valence-electron chi connectivity index (χ4n) is 1.65. The van der Waals surface area contributed by atoms with Crippen molar-refractivity contribution in [3.8, 4) is 0 Å². The van der Waals surface area contributed by atoms with Crippen molar-refractivity contribution < 1.29 is 9.53 Å². The second-order valence-corrected chi connectivity index (χ2v) is 4.78. The van der Waals surface area contributed by atoms with E-state index in [4.69, 9.17) is 0 Å². The van der Waals surface area contributed by atoms with Gasteiger partial charge >= 0.3 is 5.97 Å². The van der Waals surface area contributed by atoms with E-state index in [2.05, 4.69) is 25.8 Å². The first-order valence-electron chi connectivity index (χ1n) is 5.47. The zero-order valence-corrected chi connectivity index (χ0v) is 11.8. The standard InChI is InChI=1S/C13H13BrN2O2/c1-9-5-6-15-16(9)8-11-4-3-10(7-12(11)14)13(17)18-2/h3-7H,8H2,1-2H3. The van der Waals surface area contributed by atoms with E-state index in [0.717, 1.165) is 15.7 Å². The molecule has 18 heavy (non-hydrogen) atoms. The summed E-state index contributed by atoms with van der Waals surface area (Å²) in [4.78, 5) is 11.4. The molecule has 0 aliphatic heterocycles. The van der Waals surface area contributed by atoms with Crippen LogP contribution in [0, 0.1) is 6.92 Å². The van der Waals surface area contributed by atoms with Gasteiger partial charge in [0.2, 0.25) is 0 Å². The van der Waals surface area contributed by atoms with Crippen molar-refractivity contribution in [3.63, 3.8) is 0 Å². The molecule has 0 saturated carbocycles. The average molecular weight is 309 g/mol. The molecule has 2 rings (SSSR count). The third kappa shape index (κ3) is 2.61. The molecule has 0 saturated heterocycles. The van der Waals surface area contributed by atoms with Gasteiger partial charge in [0.25, 0.3) is 0 Å². The fourth-order valence-corrected chi connectivity index (χ4v) is 2.15. The highest BCUT2D eigenvalue weighted by Crippen LogP contribution is 2.20. The summed E-state index contributed by atoms with van der Waals surface area (Å²) in [6.07, 6.45) is 1.77. The Kier molecular flexibility index (Phi) is 3.81. The van der Waals surface area contributed by atoms with Crippen molar-refractivity contribution in [1.29, 1.82) is 0 Å². The lowest BCUT2D eigenvalue weighted by atomic mass is 10.1. The van der Waals surface area contributed by atoms with Crippen LogP contribution in [0.5, 0.6) is 0 Å². The molecule has 5 heteroatoms. The number of hydrogen-bond acceptors (Lipinski definition) is 3. The number of methoxy groups -OCH3 is 1. The molecule has 1 heterocycles. The quantitative estimate of drug-likeness (QED) is 0.819. The average Bonchev–Trinajstić information content (AvgIpc) is 2.76. The Hall–Kier alpha value is -1.62. The summed E-state index contributed by atoms with van der Waals surface area (Å²) in [6.45, 7) is 2.67. The van der Waals surface area contributed by atoms with Crippen LogP contribution < -0.4 is 0 Å². The first-order valence-corrected chi connectivity index (χ1v) is 6.26. The smallest absolute Gasteiger partial charge is 0.337 e. The van der Waals surface area contributed by atoms with Crippen molar-refractivity contribution in [2.75, 3.05) is 7.11 Å². The van der Waals surface area contributed by atoms with Gasteiger partial charge < -0.3 is 4.74 Å². The van der Waals surface area contributed by atoms with E-state index in [1.165, 1.54) is 7.11 Å². The van der Waals surface area contributed by atoms with Gasteiger partial charge in [0, 0.05) is 16.4 Å². The molecule has 0 amide bonds. The van der Waals surface area contributed by atoms with E-state index in [0.29, 0.717) is 12.1 Å². The van der Waals surface area contributed by atoms with Crippen LogP contribution in [0.2, 0.25) is 0 Å². The summed E-state index contributed by atoms with van der Waals surface area (Å²) in [6, 6.07) is 7.37. The van der Waals surface area contributed by atoms with Crippen molar-refractivity contribution in [3.05, 3.63) is 51.8 Å². The second-order valence-electron chi connectivity index (χ2n) is 3.93. The van der Waals surface area contributed by atoms with Crippen LogP contribution in [0.15, 0.2) is 34.9 Å². The molecule has 94 valence electrons. The van der Waals surface area contributed by atoms with Crippen LogP contribution in [-0.2, 0) is 11.3 Å². The Labute approximate surface area is 114 Å². The lowest BCUT2D eigenvalue weighted by Crippen LogP contribution is -2.06. The van der Waals surface area contributed by atoms with E-state index in [1.807, 2.05) is 23.7 Å². The number of carbonyl (C=O) groups is 1. The Morgan fingerprint density at radius 2 is 2.22 bits per heavy atom. The molecule has 0 fully saturated rings. The maximum atomic E-state index is 11.4. The molecule has 0 bridgehead atoms. The Morgan fingerprint density at radius 1 is 1.44 bits per heavy atom. The van der Waals surface area contributed by atoms with Crippen LogP contribution >= 0.6 is 15.9 Å². The summed E-state index contributed by atoms with van der Waals surface area (Å²) in [5, 5.41) is 4.23. The van der Waals surface area contributed by atoms with Crippen molar-refractivity contribution >= 4 is 21.9 Å². The molecule has 1 aromatic carbocycles. The van der Waals surface area contributed by atoms with Gasteiger partial charge in [0.15, 0.2) is 0 Å².